The van der Waals surface area contributed by atoms with Gasteiger partial charge in [-0.2, -0.15) is 12.4 Å². The van der Waals surface area contributed by atoms with E-state index in [0.717, 1.165) is 12.1 Å². The van der Waals surface area contributed by atoms with Gasteiger partial charge >= 0.3 is 29.4 Å². The zero-order chi connectivity index (χ0) is 15.8. The van der Waals surface area contributed by atoms with E-state index in [0.29, 0.717) is 0 Å². The summed E-state index contributed by atoms with van der Waals surface area (Å²) in [5.74, 6) is 0. The Labute approximate surface area is 121 Å². The van der Waals surface area contributed by atoms with Crippen molar-refractivity contribution in [1.82, 2.24) is 0 Å². The molecule has 114 valence electrons. The minimum atomic E-state index is -5.91. The van der Waals surface area contributed by atoms with E-state index in [-0.39, 0.29) is 0 Å². The van der Waals surface area contributed by atoms with Crippen LogP contribution in [0.25, 0.3) is 0 Å². The molecule has 0 heterocycles. The molecule has 0 aliphatic carbocycles. The molecule has 0 fully saturated rings. The van der Waals surface area contributed by atoms with E-state index in [1.165, 1.54) is 18.2 Å². The molecule has 1 rings (SSSR count). The van der Waals surface area contributed by atoms with Crippen LogP contribution in [0.5, 0.6) is 0 Å². The molecule has 0 aliphatic heterocycles. The van der Waals surface area contributed by atoms with Crippen molar-refractivity contribution < 1.29 is 40.6 Å². The largest absolute Gasteiger partial charge is 0.403 e. The summed E-state index contributed by atoms with van der Waals surface area (Å²) in [5.41, 5.74) is 0. The predicted molar refractivity (Wildman–Crippen MR) is 69.3 cm³/mol. The van der Waals surface area contributed by atoms with Crippen molar-refractivity contribution in [3.05, 3.63) is 30.3 Å². The lowest BCUT2D eigenvalue weighted by molar-refractivity contribution is 0.284. The molecular weight excluding hydrogens is 405 g/mol. The Morgan fingerprint density at radius 3 is 2.00 bits per heavy atom. The van der Waals surface area contributed by atoms with E-state index in [9.17, 15) is 26.8 Å². The first-order chi connectivity index (χ1) is 8.81. The van der Waals surface area contributed by atoms with Gasteiger partial charge in [-0.1, -0.05) is 18.2 Å². The maximum atomic E-state index is 13.7. The van der Waals surface area contributed by atoms with Crippen LogP contribution in [-0.4, -0.2) is 27.2 Å². The van der Waals surface area contributed by atoms with E-state index < -0.39 is 34.3 Å². The first-order valence-corrected chi connectivity index (χ1v) is 9.98. The molecule has 0 aliphatic rings. The molecule has 1 aromatic rings. The summed E-state index contributed by atoms with van der Waals surface area (Å²) in [7, 11) is -16.6. The van der Waals surface area contributed by atoms with Gasteiger partial charge in [-0.25, -0.2) is 4.39 Å². The van der Waals surface area contributed by atoms with Crippen molar-refractivity contribution in [2.75, 3.05) is 0 Å². The highest BCUT2D eigenvalue weighted by Crippen LogP contribution is 2.76. The molecule has 3 N–H and O–H groups in total. The third-order valence-electron chi connectivity index (χ3n) is 1.92. The predicted octanol–water partition coefficient (Wildman–Crippen LogP) is 1.73. The van der Waals surface area contributed by atoms with Crippen LogP contribution in [0.3, 0.4) is 0 Å². The van der Waals surface area contributed by atoms with Crippen molar-refractivity contribution in [3.8, 4) is 0 Å². The van der Waals surface area contributed by atoms with Crippen LogP contribution in [0.1, 0.15) is 0 Å². The van der Waals surface area contributed by atoms with Crippen LogP contribution in [0.15, 0.2) is 35.2 Å². The van der Waals surface area contributed by atoms with Crippen LogP contribution in [0, 0.1) is 0 Å². The standard InChI is InChI=1S/C7H8BrFO8P2S/c8-7(9,18(10,11)12)19(13,14)17-20(15,16)6-4-2-1-3-5-6/h1-5H,(H,13,14)(H2,10,11,12). The van der Waals surface area contributed by atoms with Gasteiger partial charge in [0.2, 0.25) is 0 Å². The Balaban J connectivity index is 3.22. The summed E-state index contributed by atoms with van der Waals surface area (Å²) in [6.07, 6.45) is 0. The summed E-state index contributed by atoms with van der Waals surface area (Å²) in [6, 6.07) is 5.94. The Morgan fingerprint density at radius 2 is 1.60 bits per heavy atom. The zero-order valence-electron chi connectivity index (χ0n) is 9.33. The quantitative estimate of drug-likeness (QED) is 0.490. The Morgan fingerprint density at radius 1 is 1.15 bits per heavy atom. The smallest absolute Gasteiger partial charge is 0.321 e. The SMILES string of the molecule is O=P(O)(O)C(F)(Br)P(=O)(O)OS(=O)(=O)c1ccccc1. The lowest BCUT2D eigenvalue weighted by Crippen LogP contribution is -2.19. The molecule has 2 atom stereocenters. The number of halogens is 2. The summed E-state index contributed by atoms with van der Waals surface area (Å²) >= 11 is 1.72. The monoisotopic (exact) mass is 412 g/mol. The normalized spacial score (nSPS) is 19.1. The van der Waals surface area contributed by atoms with E-state index in [1.54, 1.807) is 15.9 Å². The second-order valence-corrected chi connectivity index (χ2v) is 11.4. The van der Waals surface area contributed by atoms with Crippen LogP contribution < -0.4 is 0 Å². The number of rotatable bonds is 5. The highest BCUT2D eigenvalue weighted by Gasteiger charge is 2.63. The maximum Gasteiger partial charge on any atom is 0.403 e. The molecule has 2 unspecified atom stereocenters. The van der Waals surface area contributed by atoms with Gasteiger partial charge < -0.3 is 14.7 Å². The van der Waals surface area contributed by atoms with Crippen molar-refractivity contribution in [1.29, 1.82) is 0 Å². The van der Waals surface area contributed by atoms with Gasteiger partial charge in [-0.15, -0.1) is 0 Å². The van der Waals surface area contributed by atoms with E-state index in [2.05, 4.69) is 3.97 Å². The molecule has 0 saturated heterocycles. The van der Waals surface area contributed by atoms with Crippen molar-refractivity contribution in [2.24, 2.45) is 0 Å². The molecule has 8 nitrogen and oxygen atoms in total. The molecule has 0 amide bonds. The first-order valence-electron chi connectivity index (χ1n) is 4.59. The van der Waals surface area contributed by atoms with Gasteiger partial charge in [0, 0.05) is 0 Å². The highest BCUT2D eigenvalue weighted by atomic mass is 79.9. The number of hydrogen-bond donors (Lipinski definition) is 3. The zero-order valence-corrected chi connectivity index (χ0v) is 13.5. The lowest BCUT2D eigenvalue weighted by atomic mass is 10.4. The van der Waals surface area contributed by atoms with Crippen LogP contribution in [0.2, 0.25) is 0 Å². The van der Waals surface area contributed by atoms with Gasteiger partial charge in [-0.3, -0.25) is 9.13 Å². The summed E-state index contributed by atoms with van der Waals surface area (Å²) in [4.78, 5) is 25.9. The maximum absolute atomic E-state index is 13.7. The van der Waals surface area contributed by atoms with Crippen molar-refractivity contribution in [2.45, 2.75) is 8.96 Å². The van der Waals surface area contributed by atoms with Gasteiger partial charge in [0.25, 0.3) is 0 Å². The highest BCUT2D eigenvalue weighted by molar-refractivity contribution is 9.12. The molecule has 13 heteroatoms. The minimum absolute atomic E-state index is 0.580. The van der Waals surface area contributed by atoms with Crippen molar-refractivity contribution in [3.63, 3.8) is 0 Å². The molecule has 0 saturated carbocycles. The number of hydrogen-bond acceptors (Lipinski definition) is 5. The average molecular weight is 413 g/mol. The fourth-order valence-corrected chi connectivity index (χ4v) is 5.38. The molecule has 0 aromatic heterocycles. The molecule has 0 radical (unpaired) electrons. The fraction of sp³-hybridized carbons (Fsp3) is 0.143. The summed E-state index contributed by atoms with van der Waals surface area (Å²) in [6.45, 7) is 0. The van der Waals surface area contributed by atoms with Crippen LogP contribution >= 0.6 is 31.1 Å². The molecule has 20 heavy (non-hydrogen) atoms. The lowest BCUT2D eigenvalue weighted by Gasteiger charge is -2.23. The van der Waals surface area contributed by atoms with Gasteiger partial charge in [0.05, 0.1) is 4.90 Å². The summed E-state index contributed by atoms with van der Waals surface area (Å²) < 4.78 is 58.8. The van der Waals surface area contributed by atoms with E-state index in [1.807, 2.05) is 0 Å². The van der Waals surface area contributed by atoms with Crippen LogP contribution in [0.4, 0.5) is 4.39 Å². The minimum Gasteiger partial charge on any atom is -0.321 e. The molecule has 1 aromatic carbocycles. The number of benzene rings is 1. The van der Waals surface area contributed by atoms with E-state index in [4.69, 9.17) is 9.79 Å². The van der Waals surface area contributed by atoms with Crippen molar-refractivity contribution >= 4 is 41.2 Å². The molecule has 0 spiro atoms. The van der Waals surface area contributed by atoms with Gasteiger partial charge in [-0.05, 0) is 28.1 Å². The average Bonchev–Trinajstić information content (AvgIpc) is 2.27. The number of alkyl halides is 2. The first kappa shape index (κ1) is 17.9. The van der Waals surface area contributed by atoms with E-state index >= 15 is 0 Å². The van der Waals surface area contributed by atoms with Crippen LogP contribution in [-0.2, 0) is 23.2 Å². The molecule has 0 bridgehead atoms. The van der Waals surface area contributed by atoms with Gasteiger partial charge in [0.1, 0.15) is 0 Å². The second kappa shape index (κ2) is 5.58. The third kappa shape index (κ3) is 3.55. The Bertz CT molecular complexity index is 684. The Hall–Kier alpha value is -0.120. The fourth-order valence-electron chi connectivity index (χ4n) is 0.973. The Kier molecular flexibility index (Phi) is 5.01. The topological polar surface area (TPSA) is 138 Å². The van der Waals surface area contributed by atoms with Gasteiger partial charge in [0.15, 0.2) is 0 Å². The third-order valence-corrected chi connectivity index (χ3v) is 10.0. The summed E-state index contributed by atoms with van der Waals surface area (Å²) in [5, 5.41) is 0. The molecular formula is C7H8BrFO8P2S. The second-order valence-electron chi connectivity index (χ2n) is 3.42.